The van der Waals surface area contributed by atoms with Crippen molar-refractivity contribution in [1.29, 1.82) is 0 Å². The molecule has 3 rings (SSSR count). The smallest absolute Gasteiger partial charge is 0.194 e. The van der Waals surface area contributed by atoms with Crippen molar-refractivity contribution in [3.63, 3.8) is 0 Å². The fraction of sp³-hybridized carbons (Fsp3) is 0.150. The molecule has 0 radical (unpaired) electrons. The largest absolute Gasteiger partial charge is 0.289 e. The third-order valence-electron chi connectivity index (χ3n) is 3.84. The minimum atomic E-state index is 0.101. The van der Waals surface area contributed by atoms with E-state index < -0.39 is 0 Å². The van der Waals surface area contributed by atoms with Crippen LogP contribution in [-0.2, 0) is 0 Å². The van der Waals surface area contributed by atoms with Crippen molar-refractivity contribution in [2.75, 3.05) is 0 Å². The van der Waals surface area contributed by atoms with Crippen LogP contribution in [0.1, 0.15) is 38.2 Å². The normalized spacial score (nSPS) is 11.7. The molecule has 0 saturated carbocycles. The maximum atomic E-state index is 13.3. The second kappa shape index (κ2) is 6.65. The van der Waals surface area contributed by atoms with Crippen molar-refractivity contribution >= 4 is 40.1 Å². The summed E-state index contributed by atoms with van der Waals surface area (Å²) in [5.74, 6) is 0.101. The predicted octanol–water partition coefficient (Wildman–Crippen LogP) is 6.16. The Balaban J connectivity index is 2.13. The summed E-state index contributed by atoms with van der Waals surface area (Å²) in [6, 6.07) is 8.21. The lowest BCUT2D eigenvalue weighted by Gasteiger charge is -2.12. The third-order valence-corrected chi connectivity index (χ3v) is 5.22. The molecule has 1 aromatic carbocycles. The average Bonchev–Trinajstić information content (AvgIpc) is 3.17. The number of carbonyl (C=O) groups excluding carboxylic acids is 1. The number of carbonyl (C=O) groups is 1. The monoisotopic (exact) mass is 338 g/mol. The first kappa shape index (κ1) is 15.9. The number of ketones is 1. The molecule has 23 heavy (non-hydrogen) atoms. The van der Waals surface area contributed by atoms with Gasteiger partial charge in [-0.1, -0.05) is 17.7 Å². The quantitative estimate of drug-likeness (QED) is 0.411. The number of hydrogen-bond donors (Lipinski definition) is 0. The molecule has 0 N–H and O–H groups in total. The topological polar surface area (TPSA) is 17.1 Å². The minimum Gasteiger partial charge on any atom is -0.289 e. The van der Waals surface area contributed by atoms with E-state index >= 15 is 0 Å². The summed E-state index contributed by atoms with van der Waals surface area (Å²) in [5, 5.41) is 8.15. The van der Waals surface area contributed by atoms with Gasteiger partial charge in [-0.05, 0) is 82.8 Å². The average molecular weight is 338 g/mol. The lowest BCUT2D eigenvalue weighted by Crippen LogP contribution is -2.07. The summed E-state index contributed by atoms with van der Waals surface area (Å²) in [5.41, 5.74) is 6.92. The van der Waals surface area contributed by atoms with E-state index in [1.54, 1.807) is 22.7 Å². The van der Waals surface area contributed by atoms with Gasteiger partial charge in [0.25, 0.3) is 0 Å². The van der Waals surface area contributed by atoms with Crippen LogP contribution in [-0.4, -0.2) is 5.78 Å². The van der Waals surface area contributed by atoms with Gasteiger partial charge in [0.15, 0.2) is 5.78 Å². The van der Waals surface area contributed by atoms with Crippen molar-refractivity contribution in [3.8, 4) is 0 Å². The second-order valence-corrected chi connectivity index (χ2v) is 7.29. The SMILES string of the molecule is Cc1cc(C)c(C(=O)/C(=C/c2ccsc2)c2ccsc2)c(C)c1. The molecule has 0 atom stereocenters. The third kappa shape index (κ3) is 3.36. The lowest BCUT2D eigenvalue weighted by molar-refractivity contribution is 0.105. The Morgan fingerprint density at radius 1 is 0.957 bits per heavy atom. The molecule has 0 amide bonds. The van der Waals surface area contributed by atoms with Crippen LogP contribution in [0, 0.1) is 20.8 Å². The Morgan fingerprint density at radius 3 is 2.17 bits per heavy atom. The van der Waals surface area contributed by atoms with Gasteiger partial charge in [0.1, 0.15) is 0 Å². The van der Waals surface area contributed by atoms with Crippen molar-refractivity contribution in [3.05, 3.63) is 79.2 Å². The highest BCUT2D eigenvalue weighted by Crippen LogP contribution is 2.28. The van der Waals surface area contributed by atoms with Crippen LogP contribution in [0.25, 0.3) is 11.6 Å². The molecule has 0 bridgehead atoms. The van der Waals surface area contributed by atoms with Crippen LogP contribution in [0.3, 0.4) is 0 Å². The van der Waals surface area contributed by atoms with Crippen molar-refractivity contribution in [2.45, 2.75) is 20.8 Å². The van der Waals surface area contributed by atoms with Gasteiger partial charge in [0.2, 0.25) is 0 Å². The van der Waals surface area contributed by atoms with Gasteiger partial charge in [-0.25, -0.2) is 0 Å². The molecular weight excluding hydrogens is 320 g/mol. The van der Waals surface area contributed by atoms with Gasteiger partial charge in [-0.2, -0.15) is 22.7 Å². The summed E-state index contributed by atoms with van der Waals surface area (Å²) in [7, 11) is 0. The molecule has 0 aliphatic rings. The van der Waals surface area contributed by atoms with Gasteiger partial charge < -0.3 is 0 Å². The lowest BCUT2D eigenvalue weighted by atomic mass is 9.90. The zero-order valence-corrected chi connectivity index (χ0v) is 15.1. The number of thiophene rings is 2. The fourth-order valence-corrected chi connectivity index (χ4v) is 4.17. The van der Waals surface area contributed by atoms with Crippen LogP contribution in [0.2, 0.25) is 0 Å². The van der Waals surface area contributed by atoms with Crippen LogP contribution < -0.4 is 0 Å². The van der Waals surface area contributed by atoms with E-state index in [1.807, 2.05) is 48.2 Å². The zero-order valence-electron chi connectivity index (χ0n) is 13.4. The van der Waals surface area contributed by atoms with Gasteiger partial charge in [0.05, 0.1) is 0 Å². The first-order valence-corrected chi connectivity index (χ1v) is 9.34. The zero-order chi connectivity index (χ0) is 16.4. The highest BCUT2D eigenvalue weighted by atomic mass is 32.1. The Labute approximate surface area is 144 Å². The molecule has 0 fully saturated rings. The maximum absolute atomic E-state index is 13.3. The van der Waals surface area contributed by atoms with E-state index in [4.69, 9.17) is 0 Å². The molecule has 116 valence electrons. The van der Waals surface area contributed by atoms with Crippen LogP contribution in [0.4, 0.5) is 0 Å². The van der Waals surface area contributed by atoms with E-state index in [-0.39, 0.29) is 5.78 Å². The van der Waals surface area contributed by atoms with Crippen molar-refractivity contribution in [1.82, 2.24) is 0 Å². The van der Waals surface area contributed by atoms with Crippen LogP contribution in [0.5, 0.6) is 0 Å². The second-order valence-electron chi connectivity index (χ2n) is 5.73. The molecular formula is C20H18OS2. The molecule has 0 unspecified atom stereocenters. The first-order valence-electron chi connectivity index (χ1n) is 7.45. The molecule has 3 heteroatoms. The van der Waals surface area contributed by atoms with Gasteiger partial charge in [0, 0.05) is 11.1 Å². The summed E-state index contributed by atoms with van der Waals surface area (Å²) in [6.07, 6.45) is 2.00. The summed E-state index contributed by atoms with van der Waals surface area (Å²) in [4.78, 5) is 13.3. The summed E-state index contributed by atoms with van der Waals surface area (Å²) >= 11 is 3.25. The minimum absolute atomic E-state index is 0.101. The van der Waals surface area contributed by atoms with E-state index in [0.717, 1.165) is 33.4 Å². The Morgan fingerprint density at radius 2 is 1.61 bits per heavy atom. The molecule has 2 aromatic heterocycles. The molecule has 2 heterocycles. The number of rotatable bonds is 4. The Bertz CT molecular complexity index is 830. The number of Topliss-reactive ketones (excluding diaryl/α,β-unsaturated/α-hetero) is 1. The molecule has 3 aromatic rings. The molecule has 0 saturated heterocycles. The van der Waals surface area contributed by atoms with E-state index in [9.17, 15) is 4.79 Å². The molecule has 1 nitrogen and oxygen atoms in total. The molecule has 0 aliphatic carbocycles. The highest BCUT2D eigenvalue weighted by Gasteiger charge is 2.19. The van der Waals surface area contributed by atoms with Crippen LogP contribution >= 0.6 is 22.7 Å². The van der Waals surface area contributed by atoms with E-state index in [1.165, 1.54) is 5.56 Å². The number of hydrogen-bond acceptors (Lipinski definition) is 3. The fourth-order valence-electron chi connectivity index (χ4n) is 2.89. The standard InChI is InChI=1S/C20H18OS2/c1-13-8-14(2)19(15(3)9-13)20(21)18(17-5-7-23-12-17)10-16-4-6-22-11-16/h4-12H,1-3H3/b18-10+. The number of benzene rings is 1. The van der Waals surface area contributed by atoms with Crippen LogP contribution in [0.15, 0.2) is 45.8 Å². The highest BCUT2D eigenvalue weighted by molar-refractivity contribution is 7.08. The van der Waals surface area contributed by atoms with Gasteiger partial charge in [-0.15, -0.1) is 0 Å². The van der Waals surface area contributed by atoms with Crippen molar-refractivity contribution in [2.24, 2.45) is 0 Å². The van der Waals surface area contributed by atoms with Gasteiger partial charge >= 0.3 is 0 Å². The van der Waals surface area contributed by atoms with Gasteiger partial charge in [-0.3, -0.25) is 4.79 Å². The number of aryl methyl sites for hydroxylation is 3. The predicted molar refractivity (Wildman–Crippen MR) is 101 cm³/mol. The Hall–Kier alpha value is -1.97. The Kier molecular flexibility index (Phi) is 4.60. The van der Waals surface area contributed by atoms with E-state index in [0.29, 0.717) is 0 Å². The van der Waals surface area contributed by atoms with E-state index in [2.05, 4.69) is 24.4 Å². The molecule has 0 spiro atoms. The summed E-state index contributed by atoms with van der Waals surface area (Å²) < 4.78 is 0. The first-order chi connectivity index (χ1) is 11.1. The summed E-state index contributed by atoms with van der Waals surface area (Å²) in [6.45, 7) is 6.10. The number of allylic oxidation sites excluding steroid dienone is 1. The molecule has 0 aliphatic heterocycles. The van der Waals surface area contributed by atoms with Crippen molar-refractivity contribution < 1.29 is 4.79 Å². The maximum Gasteiger partial charge on any atom is 0.194 e.